The fourth-order valence-corrected chi connectivity index (χ4v) is 2.27. The second kappa shape index (κ2) is 8.61. The summed E-state index contributed by atoms with van der Waals surface area (Å²) in [6.45, 7) is 1.53. The molecule has 0 radical (unpaired) electrons. The molecule has 0 saturated carbocycles. The van der Waals surface area contributed by atoms with E-state index in [9.17, 15) is 4.79 Å². The highest BCUT2D eigenvalue weighted by molar-refractivity contribution is 6.30. The van der Waals surface area contributed by atoms with Crippen molar-refractivity contribution < 1.29 is 13.9 Å². The Balaban J connectivity index is 1.91. The van der Waals surface area contributed by atoms with E-state index in [1.54, 1.807) is 18.3 Å². The Hall–Kier alpha value is -1.78. The Kier molecular flexibility index (Phi) is 6.49. The van der Waals surface area contributed by atoms with Gasteiger partial charge in [-0.05, 0) is 36.2 Å². The number of nitrogens with zero attached hydrogens (tertiary/aromatic N) is 1. The van der Waals surface area contributed by atoms with Crippen LogP contribution in [0.2, 0.25) is 5.02 Å². The van der Waals surface area contributed by atoms with Crippen LogP contribution < -0.4 is 0 Å². The number of ether oxygens (including phenoxy) is 1. The molecule has 0 atom stereocenters. The zero-order valence-electron chi connectivity index (χ0n) is 12.6. The molecular formula is C17H20ClNO3. The largest absolute Gasteiger partial charge is 0.467 e. The minimum atomic E-state index is 0.0865. The van der Waals surface area contributed by atoms with Crippen molar-refractivity contribution in [3.63, 3.8) is 0 Å². The predicted octanol–water partition coefficient (Wildman–Crippen LogP) is 3.54. The summed E-state index contributed by atoms with van der Waals surface area (Å²) in [6, 6.07) is 11.3. The standard InChI is InChI=1S/C17H20ClNO3/c1-21-12-10-19(13-16-3-2-11-22-16)17(20)9-6-14-4-7-15(18)8-5-14/h2-5,7-8,11H,6,9-10,12-13H2,1H3. The number of furan rings is 1. The van der Waals surface area contributed by atoms with Crippen LogP contribution >= 0.6 is 11.6 Å². The second-order valence-corrected chi connectivity index (χ2v) is 5.45. The molecule has 0 spiro atoms. The van der Waals surface area contributed by atoms with Crippen LogP contribution in [-0.2, 0) is 22.5 Å². The van der Waals surface area contributed by atoms with E-state index in [0.29, 0.717) is 37.6 Å². The predicted molar refractivity (Wildman–Crippen MR) is 85.8 cm³/mol. The fourth-order valence-electron chi connectivity index (χ4n) is 2.14. The van der Waals surface area contributed by atoms with Crippen LogP contribution in [0.3, 0.4) is 0 Å². The van der Waals surface area contributed by atoms with Crippen molar-refractivity contribution in [1.29, 1.82) is 0 Å². The molecule has 2 rings (SSSR count). The van der Waals surface area contributed by atoms with Crippen LogP contribution in [0.5, 0.6) is 0 Å². The van der Waals surface area contributed by atoms with E-state index in [1.807, 2.05) is 36.4 Å². The van der Waals surface area contributed by atoms with E-state index in [0.717, 1.165) is 11.3 Å². The lowest BCUT2D eigenvalue weighted by Gasteiger charge is -2.21. The summed E-state index contributed by atoms with van der Waals surface area (Å²) >= 11 is 5.86. The topological polar surface area (TPSA) is 42.7 Å². The average Bonchev–Trinajstić information content (AvgIpc) is 3.03. The Bertz CT molecular complexity index is 566. The van der Waals surface area contributed by atoms with Crippen LogP contribution in [0, 0.1) is 0 Å². The summed E-state index contributed by atoms with van der Waals surface area (Å²) < 4.78 is 10.4. The Morgan fingerprint density at radius 1 is 1.27 bits per heavy atom. The summed E-state index contributed by atoms with van der Waals surface area (Å²) in [4.78, 5) is 14.2. The van der Waals surface area contributed by atoms with Crippen molar-refractivity contribution in [1.82, 2.24) is 4.90 Å². The Labute approximate surface area is 135 Å². The molecule has 2 aromatic rings. The first-order valence-corrected chi connectivity index (χ1v) is 7.60. The smallest absolute Gasteiger partial charge is 0.223 e. The molecule has 0 aliphatic carbocycles. The number of hydrogen-bond acceptors (Lipinski definition) is 3. The van der Waals surface area contributed by atoms with Gasteiger partial charge in [0, 0.05) is 25.1 Å². The average molecular weight is 322 g/mol. The number of halogens is 1. The summed E-state index contributed by atoms with van der Waals surface area (Å²) in [5.41, 5.74) is 1.10. The quantitative estimate of drug-likeness (QED) is 0.747. The van der Waals surface area contributed by atoms with Gasteiger partial charge in [-0.1, -0.05) is 23.7 Å². The highest BCUT2D eigenvalue weighted by Gasteiger charge is 2.15. The molecule has 0 aliphatic rings. The first kappa shape index (κ1) is 16.6. The van der Waals surface area contributed by atoms with Gasteiger partial charge in [0.05, 0.1) is 19.4 Å². The SMILES string of the molecule is COCCN(Cc1ccco1)C(=O)CCc1ccc(Cl)cc1. The minimum Gasteiger partial charge on any atom is -0.467 e. The number of rotatable bonds is 8. The van der Waals surface area contributed by atoms with Gasteiger partial charge in [-0.15, -0.1) is 0 Å². The normalized spacial score (nSPS) is 10.6. The van der Waals surface area contributed by atoms with Crippen LogP contribution in [-0.4, -0.2) is 31.1 Å². The Morgan fingerprint density at radius 2 is 2.05 bits per heavy atom. The van der Waals surface area contributed by atoms with Gasteiger partial charge in [-0.3, -0.25) is 4.79 Å². The number of benzene rings is 1. The molecule has 0 unspecified atom stereocenters. The number of methoxy groups -OCH3 is 1. The third-order valence-electron chi connectivity index (χ3n) is 3.39. The van der Waals surface area contributed by atoms with Crippen molar-refractivity contribution in [2.45, 2.75) is 19.4 Å². The van der Waals surface area contributed by atoms with Crippen molar-refractivity contribution in [2.24, 2.45) is 0 Å². The lowest BCUT2D eigenvalue weighted by molar-refractivity contribution is -0.132. The molecule has 0 N–H and O–H groups in total. The van der Waals surface area contributed by atoms with E-state index in [4.69, 9.17) is 20.8 Å². The molecule has 0 aliphatic heterocycles. The molecule has 1 aromatic heterocycles. The van der Waals surface area contributed by atoms with Crippen molar-refractivity contribution in [3.8, 4) is 0 Å². The number of carbonyl (C=O) groups is 1. The molecule has 118 valence electrons. The number of amides is 1. The highest BCUT2D eigenvalue weighted by atomic mass is 35.5. The summed E-state index contributed by atoms with van der Waals surface area (Å²) in [6.07, 6.45) is 2.76. The molecule has 1 heterocycles. The van der Waals surface area contributed by atoms with Crippen LogP contribution in [0.25, 0.3) is 0 Å². The van der Waals surface area contributed by atoms with Gasteiger partial charge < -0.3 is 14.1 Å². The molecule has 5 heteroatoms. The minimum absolute atomic E-state index is 0.0865. The van der Waals surface area contributed by atoms with E-state index in [-0.39, 0.29) is 5.91 Å². The summed E-state index contributed by atoms with van der Waals surface area (Å²) in [7, 11) is 1.63. The summed E-state index contributed by atoms with van der Waals surface area (Å²) in [5, 5.41) is 0.703. The summed E-state index contributed by atoms with van der Waals surface area (Å²) in [5.74, 6) is 0.861. The van der Waals surface area contributed by atoms with Crippen LogP contribution in [0.1, 0.15) is 17.7 Å². The first-order valence-electron chi connectivity index (χ1n) is 7.22. The Morgan fingerprint density at radius 3 is 2.68 bits per heavy atom. The zero-order chi connectivity index (χ0) is 15.8. The van der Waals surface area contributed by atoms with Crippen molar-refractivity contribution >= 4 is 17.5 Å². The first-order chi connectivity index (χ1) is 10.7. The lowest BCUT2D eigenvalue weighted by Crippen LogP contribution is -2.33. The molecule has 0 saturated heterocycles. The maximum Gasteiger partial charge on any atom is 0.223 e. The molecule has 1 aromatic carbocycles. The zero-order valence-corrected chi connectivity index (χ0v) is 13.4. The number of hydrogen-bond donors (Lipinski definition) is 0. The van der Waals surface area contributed by atoms with E-state index in [1.165, 1.54) is 0 Å². The van der Waals surface area contributed by atoms with Crippen LogP contribution in [0.4, 0.5) is 0 Å². The second-order valence-electron chi connectivity index (χ2n) is 5.01. The molecule has 4 nitrogen and oxygen atoms in total. The monoisotopic (exact) mass is 321 g/mol. The van der Waals surface area contributed by atoms with Gasteiger partial charge in [-0.2, -0.15) is 0 Å². The number of carbonyl (C=O) groups excluding carboxylic acids is 1. The maximum atomic E-state index is 12.4. The van der Waals surface area contributed by atoms with Gasteiger partial charge in [0.2, 0.25) is 5.91 Å². The van der Waals surface area contributed by atoms with Crippen molar-refractivity contribution in [2.75, 3.05) is 20.3 Å². The van der Waals surface area contributed by atoms with E-state index >= 15 is 0 Å². The fraction of sp³-hybridized carbons (Fsp3) is 0.353. The van der Waals surface area contributed by atoms with Gasteiger partial charge in [0.1, 0.15) is 5.76 Å². The lowest BCUT2D eigenvalue weighted by atomic mass is 10.1. The highest BCUT2D eigenvalue weighted by Crippen LogP contribution is 2.13. The van der Waals surface area contributed by atoms with Gasteiger partial charge >= 0.3 is 0 Å². The molecular weight excluding hydrogens is 302 g/mol. The molecule has 1 amide bonds. The molecule has 0 fully saturated rings. The maximum absolute atomic E-state index is 12.4. The van der Waals surface area contributed by atoms with E-state index < -0.39 is 0 Å². The van der Waals surface area contributed by atoms with Gasteiger partial charge in [-0.25, -0.2) is 0 Å². The number of aryl methyl sites for hydroxylation is 1. The van der Waals surface area contributed by atoms with E-state index in [2.05, 4.69) is 0 Å². The van der Waals surface area contributed by atoms with Crippen LogP contribution in [0.15, 0.2) is 47.1 Å². The van der Waals surface area contributed by atoms with Crippen molar-refractivity contribution in [3.05, 3.63) is 59.0 Å². The molecule has 0 bridgehead atoms. The third-order valence-corrected chi connectivity index (χ3v) is 3.64. The van der Waals surface area contributed by atoms with Gasteiger partial charge in [0.25, 0.3) is 0 Å². The van der Waals surface area contributed by atoms with Gasteiger partial charge in [0.15, 0.2) is 0 Å². The third kappa shape index (κ3) is 5.20. The molecule has 22 heavy (non-hydrogen) atoms.